The zero-order chi connectivity index (χ0) is 18.1. The van der Waals surface area contributed by atoms with Crippen LogP contribution in [0, 0.1) is 0 Å². The molecule has 0 amide bonds. The Balaban J connectivity index is 2.17. The number of hydrogen-bond donors (Lipinski definition) is 2. The number of benzene rings is 1. The first kappa shape index (κ1) is 16.7. The van der Waals surface area contributed by atoms with Crippen LogP contribution in [0.3, 0.4) is 0 Å². The average molecular weight is 343 g/mol. The molecule has 1 aliphatic heterocycles. The lowest BCUT2D eigenvalue weighted by Gasteiger charge is -2.26. The summed E-state index contributed by atoms with van der Waals surface area (Å²) in [6.07, 6.45) is 3.90. The van der Waals surface area contributed by atoms with Crippen LogP contribution in [0.1, 0.15) is 19.0 Å². The molecule has 3 rings (SSSR count). The number of rotatable bonds is 4. The second-order valence-electron chi connectivity index (χ2n) is 5.73. The molecular weight excluding hydrogens is 326 g/mol. The largest absolute Gasteiger partial charge is 0.478 e. The molecule has 25 heavy (non-hydrogen) atoms. The van der Waals surface area contributed by atoms with Crippen LogP contribution in [-0.4, -0.2) is 36.2 Å². The van der Waals surface area contributed by atoms with E-state index in [4.69, 9.17) is 5.11 Å². The fraction of sp³-hybridized carbons (Fsp3) is 0.235. The van der Waals surface area contributed by atoms with E-state index >= 15 is 0 Å². The van der Waals surface area contributed by atoms with Gasteiger partial charge in [-0.3, -0.25) is 0 Å². The predicted octanol–water partition coefficient (Wildman–Crippen LogP) is 0.474. The summed E-state index contributed by atoms with van der Waals surface area (Å²) in [5.41, 5.74) is -0.693. The van der Waals surface area contributed by atoms with E-state index in [1.54, 1.807) is 49.4 Å². The lowest BCUT2D eigenvalue weighted by atomic mass is 10.1. The molecule has 0 bridgehead atoms. The monoisotopic (exact) mass is 343 g/mol. The van der Waals surface area contributed by atoms with Gasteiger partial charge in [-0.2, -0.15) is 0 Å². The van der Waals surface area contributed by atoms with Gasteiger partial charge in [0.25, 0.3) is 0 Å². The van der Waals surface area contributed by atoms with Crippen LogP contribution >= 0.6 is 0 Å². The quantitative estimate of drug-likeness (QED) is 0.620. The Morgan fingerprint density at radius 2 is 1.76 bits per heavy atom. The molecule has 0 radical (unpaired) electrons. The van der Waals surface area contributed by atoms with Gasteiger partial charge in [0.15, 0.2) is 0 Å². The molecule has 3 atom stereocenters. The summed E-state index contributed by atoms with van der Waals surface area (Å²) in [6, 6.07) is 7.23. The van der Waals surface area contributed by atoms with Crippen LogP contribution in [-0.2, 0) is 4.79 Å². The van der Waals surface area contributed by atoms with Crippen molar-refractivity contribution in [3.05, 3.63) is 75.6 Å². The van der Waals surface area contributed by atoms with Gasteiger partial charge < -0.3 is 10.2 Å². The van der Waals surface area contributed by atoms with Crippen molar-refractivity contribution in [2.45, 2.75) is 25.1 Å². The van der Waals surface area contributed by atoms with Gasteiger partial charge in [0.2, 0.25) is 0 Å². The maximum Gasteiger partial charge on any atom is 0.352 e. The Hall–Kier alpha value is -3.13. The number of allylic oxidation sites excluding steroid dienone is 1. The molecule has 1 aliphatic rings. The zero-order valence-corrected chi connectivity index (χ0v) is 13.4. The Morgan fingerprint density at radius 3 is 2.40 bits per heavy atom. The van der Waals surface area contributed by atoms with E-state index in [9.17, 15) is 19.5 Å². The number of carboxylic acids is 1. The van der Waals surface area contributed by atoms with Gasteiger partial charge in [-0.1, -0.05) is 30.4 Å². The van der Waals surface area contributed by atoms with E-state index in [0.717, 1.165) is 21.4 Å². The highest BCUT2D eigenvalue weighted by Crippen LogP contribution is 2.22. The number of hydrogen-bond acceptors (Lipinski definition) is 4. The van der Waals surface area contributed by atoms with Crippen LogP contribution in [0.5, 0.6) is 0 Å². The molecule has 2 N–H and O–H groups in total. The first-order valence-electron chi connectivity index (χ1n) is 7.71. The molecule has 0 saturated carbocycles. The molecule has 3 unspecified atom stereocenters. The minimum atomic E-state index is -1.27. The number of aliphatic hydroxyl groups excluding tert-OH is 1. The van der Waals surface area contributed by atoms with E-state index in [1.807, 2.05) is 0 Å². The van der Waals surface area contributed by atoms with E-state index in [0.29, 0.717) is 5.69 Å². The fourth-order valence-corrected chi connectivity index (χ4v) is 2.90. The molecule has 0 saturated heterocycles. The minimum Gasteiger partial charge on any atom is -0.478 e. The summed E-state index contributed by atoms with van der Waals surface area (Å²) < 4.78 is 3.46. The summed E-state index contributed by atoms with van der Waals surface area (Å²) in [6.45, 7) is 1.75. The lowest BCUT2D eigenvalue weighted by molar-refractivity contribution is -0.131. The summed E-state index contributed by atoms with van der Waals surface area (Å²) in [7, 11) is 0. The number of fused-ring (bicyclic) bond motifs is 1. The number of para-hydroxylation sites is 1. The van der Waals surface area contributed by atoms with Crippen LogP contribution < -0.4 is 11.4 Å². The SMILES string of the molecule is CC1C=CC(C(O)C=CC(=O)O)n2c(=O)n(-c3ccccc3)c(=O)n21. The van der Waals surface area contributed by atoms with Crippen molar-refractivity contribution in [2.24, 2.45) is 0 Å². The number of aromatic nitrogens is 3. The van der Waals surface area contributed by atoms with Gasteiger partial charge in [-0.15, -0.1) is 0 Å². The average Bonchev–Trinajstić information content (AvgIpc) is 2.86. The highest BCUT2D eigenvalue weighted by Gasteiger charge is 2.30. The number of carbonyl (C=O) groups is 1. The van der Waals surface area contributed by atoms with Gasteiger partial charge in [0.05, 0.1) is 17.8 Å². The van der Waals surface area contributed by atoms with Crippen molar-refractivity contribution in [1.82, 2.24) is 13.9 Å². The van der Waals surface area contributed by atoms with Crippen molar-refractivity contribution in [3.8, 4) is 5.69 Å². The molecule has 2 aromatic rings. The van der Waals surface area contributed by atoms with Crippen molar-refractivity contribution < 1.29 is 15.0 Å². The van der Waals surface area contributed by atoms with Crippen molar-refractivity contribution >= 4 is 5.97 Å². The smallest absolute Gasteiger partial charge is 0.352 e. The standard InChI is InChI=1S/C17H17N3O5/c1-11-7-8-13(14(21)9-10-15(22)23)20-17(25)18(16(24)19(11)20)12-5-3-2-4-6-12/h2-11,13-14,21H,1H3,(H,22,23). The predicted molar refractivity (Wildman–Crippen MR) is 90.0 cm³/mol. The summed E-state index contributed by atoms with van der Waals surface area (Å²) in [5.74, 6) is -1.21. The van der Waals surface area contributed by atoms with Crippen LogP contribution in [0.4, 0.5) is 0 Å². The van der Waals surface area contributed by atoms with Crippen LogP contribution in [0.2, 0.25) is 0 Å². The number of aliphatic hydroxyl groups is 1. The Kier molecular flexibility index (Phi) is 4.28. The highest BCUT2D eigenvalue weighted by molar-refractivity contribution is 5.79. The van der Waals surface area contributed by atoms with Crippen molar-refractivity contribution in [3.63, 3.8) is 0 Å². The second kappa shape index (κ2) is 6.40. The van der Waals surface area contributed by atoms with Gasteiger partial charge in [-0.05, 0) is 25.1 Å². The summed E-state index contributed by atoms with van der Waals surface area (Å²) in [4.78, 5) is 36.3. The first-order valence-corrected chi connectivity index (χ1v) is 7.71. The van der Waals surface area contributed by atoms with E-state index < -0.39 is 29.5 Å². The van der Waals surface area contributed by atoms with Gasteiger partial charge in [0, 0.05) is 6.08 Å². The number of nitrogens with zero attached hydrogens (tertiary/aromatic N) is 3. The Labute approximate surface area is 142 Å². The third kappa shape index (κ3) is 2.87. The zero-order valence-electron chi connectivity index (χ0n) is 13.4. The molecule has 8 nitrogen and oxygen atoms in total. The third-order valence-electron chi connectivity index (χ3n) is 4.06. The summed E-state index contributed by atoms with van der Waals surface area (Å²) in [5, 5.41) is 19.0. The van der Waals surface area contributed by atoms with E-state index in [-0.39, 0.29) is 6.04 Å². The topological polar surface area (TPSA) is 106 Å². The highest BCUT2D eigenvalue weighted by atomic mass is 16.4. The second-order valence-corrected chi connectivity index (χ2v) is 5.73. The van der Waals surface area contributed by atoms with E-state index in [2.05, 4.69) is 0 Å². The maximum absolute atomic E-state index is 12.9. The summed E-state index contributed by atoms with van der Waals surface area (Å²) >= 11 is 0. The van der Waals surface area contributed by atoms with E-state index in [1.165, 1.54) is 4.68 Å². The fourth-order valence-electron chi connectivity index (χ4n) is 2.90. The molecule has 0 fully saturated rings. The molecule has 0 spiro atoms. The minimum absolute atomic E-state index is 0.378. The molecule has 8 heteroatoms. The number of carboxylic acid groups (broad SMARTS) is 1. The Bertz CT molecular complexity index is 964. The normalized spacial score (nSPS) is 20.6. The molecule has 1 aromatic carbocycles. The molecule has 130 valence electrons. The van der Waals surface area contributed by atoms with Gasteiger partial charge >= 0.3 is 17.3 Å². The van der Waals surface area contributed by atoms with Gasteiger partial charge in [0.1, 0.15) is 6.04 Å². The van der Waals surface area contributed by atoms with Gasteiger partial charge in [-0.25, -0.2) is 28.3 Å². The molecule has 0 aliphatic carbocycles. The number of aliphatic carboxylic acids is 1. The molecular formula is C17H17N3O5. The third-order valence-corrected chi connectivity index (χ3v) is 4.06. The molecule has 1 aromatic heterocycles. The van der Waals surface area contributed by atoms with Crippen molar-refractivity contribution in [2.75, 3.05) is 0 Å². The lowest BCUT2D eigenvalue weighted by Crippen LogP contribution is -2.38. The molecule has 2 heterocycles. The van der Waals surface area contributed by atoms with Crippen LogP contribution in [0.15, 0.2) is 64.2 Å². The Morgan fingerprint density at radius 1 is 1.12 bits per heavy atom. The first-order chi connectivity index (χ1) is 11.9. The van der Waals surface area contributed by atoms with Crippen molar-refractivity contribution in [1.29, 1.82) is 0 Å². The maximum atomic E-state index is 12.9. The van der Waals surface area contributed by atoms with Crippen LogP contribution in [0.25, 0.3) is 5.69 Å².